The van der Waals surface area contributed by atoms with Gasteiger partial charge in [-0.05, 0) is 32.0 Å². The number of carbonyl (C=O) groups excluding carboxylic acids is 2. The number of hydrogen-bond donors (Lipinski definition) is 2. The molecule has 3 aromatic heterocycles. The predicted molar refractivity (Wildman–Crippen MR) is 128 cm³/mol. The highest BCUT2D eigenvalue weighted by Gasteiger charge is 2.36. The van der Waals surface area contributed by atoms with Gasteiger partial charge in [0.1, 0.15) is 24.2 Å². The van der Waals surface area contributed by atoms with E-state index in [1.807, 2.05) is 54.7 Å². The lowest BCUT2D eigenvalue weighted by Gasteiger charge is -2.21. The minimum atomic E-state index is -1.56. The van der Waals surface area contributed by atoms with Crippen LogP contribution in [0.15, 0.2) is 71.7 Å². The maximum Gasteiger partial charge on any atom is 0.322 e. The fraction of sp³-hybridized carbons (Fsp3) is 0.200. The van der Waals surface area contributed by atoms with E-state index in [1.54, 1.807) is 10.6 Å². The van der Waals surface area contributed by atoms with Gasteiger partial charge in [-0.15, -0.1) is 0 Å². The molecule has 0 aliphatic carbocycles. The number of pyridine rings is 1. The molecule has 0 radical (unpaired) electrons. The zero-order valence-electron chi connectivity index (χ0n) is 19.1. The summed E-state index contributed by atoms with van der Waals surface area (Å²) in [5.74, 6) is -2.56. The molecule has 1 aromatic carbocycles. The number of nitrogens with one attached hydrogen (secondary N) is 1. The summed E-state index contributed by atoms with van der Waals surface area (Å²) in [4.78, 5) is 48.6. The van der Waals surface area contributed by atoms with Crippen LogP contribution in [0.5, 0.6) is 0 Å². The van der Waals surface area contributed by atoms with Gasteiger partial charge in [0.25, 0.3) is 5.56 Å². The van der Waals surface area contributed by atoms with Gasteiger partial charge in [-0.25, -0.2) is 9.20 Å². The number of carboxylic acid groups (broad SMARTS) is 1. The zero-order valence-corrected chi connectivity index (χ0v) is 19.1. The summed E-state index contributed by atoms with van der Waals surface area (Å²) in [7, 11) is 0. The molecule has 0 bridgehead atoms. The van der Waals surface area contributed by atoms with E-state index in [0.29, 0.717) is 17.0 Å². The van der Waals surface area contributed by atoms with E-state index >= 15 is 0 Å². The molecule has 10 heteroatoms. The van der Waals surface area contributed by atoms with E-state index in [9.17, 15) is 19.2 Å². The molecule has 35 heavy (non-hydrogen) atoms. The fourth-order valence-corrected chi connectivity index (χ4v) is 3.58. The lowest BCUT2D eigenvalue weighted by atomic mass is 9.87. The average Bonchev–Trinajstić information content (AvgIpc) is 3.24. The van der Waals surface area contributed by atoms with Crippen molar-refractivity contribution in [2.45, 2.75) is 20.4 Å². The quantitative estimate of drug-likeness (QED) is 0.374. The number of benzene rings is 1. The summed E-state index contributed by atoms with van der Waals surface area (Å²) in [5.41, 5.74) is 1.34. The van der Waals surface area contributed by atoms with Gasteiger partial charge < -0.3 is 10.4 Å². The van der Waals surface area contributed by atoms with Gasteiger partial charge >= 0.3 is 5.97 Å². The SMILES string of the molecule is CC(C)(C(=O)Cn1nc(-c2c(-c3ccccc3)nn3ccccc23)ccc1=O)C(=O)NCC(=O)O. The van der Waals surface area contributed by atoms with Crippen LogP contribution in [0.25, 0.3) is 28.0 Å². The Morgan fingerprint density at radius 2 is 1.69 bits per heavy atom. The smallest absolute Gasteiger partial charge is 0.322 e. The Bertz CT molecular complexity index is 1490. The molecule has 0 spiro atoms. The third-order valence-electron chi connectivity index (χ3n) is 5.67. The largest absolute Gasteiger partial charge is 0.480 e. The van der Waals surface area contributed by atoms with Crippen LogP contribution < -0.4 is 10.9 Å². The third kappa shape index (κ3) is 4.72. The lowest BCUT2D eigenvalue weighted by Crippen LogP contribution is -2.46. The van der Waals surface area contributed by atoms with E-state index in [1.165, 1.54) is 19.9 Å². The second-order valence-electron chi connectivity index (χ2n) is 8.46. The number of amides is 1. The Morgan fingerprint density at radius 3 is 2.40 bits per heavy atom. The lowest BCUT2D eigenvalue weighted by molar-refractivity contribution is -0.144. The average molecular weight is 473 g/mol. The fourth-order valence-electron chi connectivity index (χ4n) is 3.58. The molecule has 1 amide bonds. The summed E-state index contributed by atoms with van der Waals surface area (Å²) >= 11 is 0. The van der Waals surface area contributed by atoms with Crippen LogP contribution >= 0.6 is 0 Å². The summed E-state index contributed by atoms with van der Waals surface area (Å²) < 4.78 is 2.72. The van der Waals surface area contributed by atoms with Gasteiger partial charge in [0.2, 0.25) is 5.91 Å². The van der Waals surface area contributed by atoms with Crippen molar-refractivity contribution in [1.29, 1.82) is 0 Å². The highest BCUT2D eigenvalue weighted by Crippen LogP contribution is 2.33. The number of aliphatic carboxylic acids is 1. The number of nitrogens with zero attached hydrogens (tertiary/aromatic N) is 4. The third-order valence-corrected chi connectivity index (χ3v) is 5.67. The van der Waals surface area contributed by atoms with Crippen molar-refractivity contribution in [2.24, 2.45) is 5.41 Å². The number of hydrogen-bond acceptors (Lipinski definition) is 6. The van der Waals surface area contributed by atoms with Crippen LogP contribution in [0.1, 0.15) is 13.8 Å². The van der Waals surface area contributed by atoms with Crippen molar-refractivity contribution in [3.63, 3.8) is 0 Å². The van der Waals surface area contributed by atoms with Crippen LogP contribution in [0, 0.1) is 5.41 Å². The summed E-state index contributed by atoms with van der Waals surface area (Å²) in [5, 5.41) is 20.1. The normalized spacial score (nSPS) is 11.4. The molecular weight excluding hydrogens is 450 g/mol. The molecule has 0 unspecified atom stereocenters. The van der Waals surface area contributed by atoms with Gasteiger partial charge in [0, 0.05) is 17.8 Å². The van der Waals surface area contributed by atoms with Crippen molar-refractivity contribution in [1.82, 2.24) is 24.7 Å². The number of aromatic nitrogens is 4. The van der Waals surface area contributed by atoms with E-state index < -0.39 is 41.7 Å². The van der Waals surface area contributed by atoms with Crippen LogP contribution in [-0.4, -0.2) is 48.7 Å². The Labute approximate surface area is 199 Å². The van der Waals surface area contributed by atoms with Crippen molar-refractivity contribution in [3.8, 4) is 22.5 Å². The number of Topliss-reactive ketones (excluding diaryl/α,β-unsaturated/α-hetero) is 1. The molecule has 0 aliphatic heterocycles. The molecule has 4 rings (SSSR count). The molecule has 0 saturated carbocycles. The van der Waals surface area contributed by atoms with Crippen molar-refractivity contribution < 1.29 is 19.5 Å². The number of carboxylic acids is 1. The molecule has 4 aromatic rings. The number of fused-ring (bicyclic) bond motifs is 1. The standard InChI is InChI=1S/C25H23N5O5/c1-25(2,24(35)26-14-21(33)34)19(31)15-30-20(32)12-11-17(27-30)22-18-10-6-7-13-29(18)28-23(22)16-8-4-3-5-9-16/h3-13H,14-15H2,1-2H3,(H,26,35)(H,33,34). The molecular formula is C25H23N5O5. The number of ketones is 1. The van der Waals surface area contributed by atoms with Gasteiger partial charge in [-0.1, -0.05) is 36.4 Å². The molecule has 10 nitrogen and oxygen atoms in total. The first-order valence-corrected chi connectivity index (χ1v) is 10.8. The first kappa shape index (κ1) is 23.6. The first-order valence-electron chi connectivity index (χ1n) is 10.8. The van der Waals surface area contributed by atoms with E-state index in [2.05, 4.69) is 10.4 Å². The van der Waals surface area contributed by atoms with Crippen LogP contribution in [0.4, 0.5) is 0 Å². The van der Waals surface area contributed by atoms with Gasteiger partial charge in [0.15, 0.2) is 5.78 Å². The number of rotatable bonds is 8. The van der Waals surface area contributed by atoms with Gasteiger partial charge in [-0.2, -0.15) is 10.2 Å². The van der Waals surface area contributed by atoms with Crippen LogP contribution in [0.3, 0.4) is 0 Å². The predicted octanol–water partition coefficient (Wildman–Crippen LogP) is 2.02. The molecule has 0 atom stereocenters. The van der Waals surface area contributed by atoms with Crippen molar-refractivity contribution in [3.05, 3.63) is 77.2 Å². The summed E-state index contributed by atoms with van der Waals surface area (Å²) in [6.07, 6.45) is 1.81. The Morgan fingerprint density at radius 1 is 0.971 bits per heavy atom. The van der Waals surface area contributed by atoms with E-state index in [-0.39, 0.29) is 0 Å². The van der Waals surface area contributed by atoms with Gasteiger partial charge in [-0.3, -0.25) is 19.2 Å². The minimum absolute atomic E-state index is 0.436. The van der Waals surface area contributed by atoms with Crippen molar-refractivity contribution >= 4 is 23.2 Å². The molecule has 0 aliphatic rings. The second kappa shape index (κ2) is 9.34. The second-order valence-corrected chi connectivity index (χ2v) is 8.46. The summed E-state index contributed by atoms with van der Waals surface area (Å²) in [6, 6.07) is 18.0. The minimum Gasteiger partial charge on any atom is -0.480 e. The Hall–Kier alpha value is -4.60. The van der Waals surface area contributed by atoms with E-state index in [4.69, 9.17) is 10.2 Å². The first-order chi connectivity index (χ1) is 16.7. The highest BCUT2D eigenvalue weighted by atomic mass is 16.4. The molecule has 3 heterocycles. The van der Waals surface area contributed by atoms with Gasteiger partial charge in [0.05, 0.1) is 16.8 Å². The van der Waals surface area contributed by atoms with Crippen LogP contribution in [0.2, 0.25) is 0 Å². The molecule has 0 fully saturated rings. The molecule has 178 valence electrons. The number of carbonyl (C=O) groups is 3. The Balaban J connectivity index is 1.73. The monoisotopic (exact) mass is 473 g/mol. The Kier molecular flexibility index (Phi) is 6.28. The zero-order chi connectivity index (χ0) is 25.2. The molecule has 0 saturated heterocycles. The topological polar surface area (TPSA) is 136 Å². The van der Waals surface area contributed by atoms with Crippen LogP contribution in [-0.2, 0) is 20.9 Å². The van der Waals surface area contributed by atoms with E-state index in [0.717, 1.165) is 15.8 Å². The molecule has 2 N–H and O–H groups in total. The van der Waals surface area contributed by atoms with Crippen molar-refractivity contribution in [2.75, 3.05) is 6.54 Å². The summed E-state index contributed by atoms with van der Waals surface area (Å²) in [6.45, 7) is 1.68. The maximum absolute atomic E-state index is 12.9. The highest BCUT2D eigenvalue weighted by molar-refractivity contribution is 6.05. The maximum atomic E-state index is 12.9.